The monoisotopic (exact) mass is 326 g/mol. The molecule has 0 radical (unpaired) electrons. The van der Waals surface area contributed by atoms with Crippen molar-refractivity contribution in [2.45, 2.75) is 18.5 Å². The van der Waals surface area contributed by atoms with E-state index in [9.17, 15) is 14.7 Å². The summed E-state index contributed by atoms with van der Waals surface area (Å²) in [6, 6.07) is 0. The second kappa shape index (κ2) is 5.86. The van der Waals surface area contributed by atoms with Crippen molar-refractivity contribution >= 4 is 29.7 Å². The molecule has 0 spiro atoms. The molecule has 3 aliphatic heterocycles. The summed E-state index contributed by atoms with van der Waals surface area (Å²) in [7, 11) is 0. The van der Waals surface area contributed by atoms with Gasteiger partial charge in [-0.25, -0.2) is 4.98 Å². The van der Waals surface area contributed by atoms with Crippen LogP contribution in [0, 0.1) is 0 Å². The molecule has 1 N–H and O–H groups in total. The van der Waals surface area contributed by atoms with Crippen LogP contribution >= 0.6 is 11.8 Å². The largest absolute Gasteiger partial charge is 1.00 e. The molecular formula is C13H11N4NaO3S. The molecular weight excluding hydrogens is 315 g/mol. The molecule has 1 saturated heterocycles. The molecule has 108 valence electrons. The SMILES string of the molecule is O=C([O-])C1=CS[C@@H]2/C(=C\c3cnc4n3CCNC4)C(=O)N12.[Na+]. The molecule has 0 aromatic carbocycles. The number of nitrogens with zero attached hydrogens (tertiary/aromatic N) is 3. The standard InChI is InChI=1S/C13H12N4O3S.Na/c18-11-8(12-17(11)9(6-21-12)13(19)20)3-7-4-15-10-5-14-1-2-16(7)10;/h3-4,6,12,14H,1-2,5H2,(H,19,20);/q;+1/p-1/b8-3-;/t12-;/m1./s1. The number of imidazole rings is 1. The molecule has 3 aliphatic rings. The summed E-state index contributed by atoms with van der Waals surface area (Å²) in [5.74, 6) is -0.639. The predicted octanol–water partition coefficient (Wildman–Crippen LogP) is -4.12. The molecule has 4 heterocycles. The van der Waals surface area contributed by atoms with Crippen molar-refractivity contribution in [3.05, 3.63) is 34.4 Å². The van der Waals surface area contributed by atoms with E-state index < -0.39 is 5.97 Å². The van der Waals surface area contributed by atoms with Gasteiger partial charge in [0, 0.05) is 13.1 Å². The van der Waals surface area contributed by atoms with Crippen LogP contribution in [-0.2, 0) is 22.7 Å². The number of carboxylic acid groups (broad SMARTS) is 1. The molecule has 0 unspecified atom stereocenters. The zero-order valence-corrected chi connectivity index (χ0v) is 14.7. The number of amides is 1. The minimum absolute atomic E-state index is 0. The van der Waals surface area contributed by atoms with Crippen LogP contribution < -0.4 is 40.0 Å². The van der Waals surface area contributed by atoms with Gasteiger partial charge in [0.1, 0.15) is 11.2 Å². The number of hydrogen-bond donors (Lipinski definition) is 1. The van der Waals surface area contributed by atoms with Crippen LogP contribution in [-0.4, -0.2) is 38.2 Å². The third-order valence-corrected chi connectivity index (χ3v) is 4.89. The van der Waals surface area contributed by atoms with Crippen LogP contribution in [0.5, 0.6) is 0 Å². The van der Waals surface area contributed by atoms with E-state index in [-0.39, 0.29) is 46.5 Å². The van der Waals surface area contributed by atoms with Crippen molar-refractivity contribution in [1.82, 2.24) is 19.8 Å². The minimum atomic E-state index is -1.31. The fourth-order valence-electron chi connectivity index (χ4n) is 2.75. The van der Waals surface area contributed by atoms with Crippen molar-refractivity contribution in [2.24, 2.45) is 0 Å². The Morgan fingerprint density at radius 1 is 1.55 bits per heavy atom. The Balaban J connectivity index is 0.00000144. The maximum atomic E-state index is 12.1. The fraction of sp³-hybridized carbons (Fsp3) is 0.308. The van der Waals surface area contributed by atoms with Crippen LogP contribution in [0.3, 0.4) is 0 Å². The second-order valence-corrected chi connectivity index (χ2v) is 5.94. The van der Waals surface area contributed by atoms with Gasteiger partial charge in [-0.1, -0.05) is 0 Å². The number of thioether (sulfide) groups is 1. The van der Waals surface area contributed by atoms with Crippen molar-refractivity contribution in [3.63, 3.8) is 0 Å². The molecule has 1 aromatic heterocycles. The van der Waals surface area contributed by atoms with Crippen molar-refractivity contribution in [3.8, 4) is 0 Å². The van der Waals surface area contributed by atoms with Gasteiger partial charge in [-0.2, -0.15) is 0 Å². The second-order valence-electron chi connectivity index (χ2n) is 4.98. The normalized spacial score (nSPS) is 24.3. The van der Waals surface area contributed by atoms with E-state index in [1.54, 1.807) is 6.20 Å². The number of aliphatic carboxylic acids is 1. The van der Waals surface area contributed by atoms with E-state index in [0.717, 1.165) is 31.2 Å². The number of aromatic nitrogens is 2. The van der Waals surface area contributed by atoms with Crippen LogP contribution in [0.25, 0.3) is 6.08 Å². The Kier molecular flexibility index (Phi) is 4.21. The van der Waals surface area contributed by atoms with Crippen LogP contribution in [0.15, 0.2) is 22.9 Å². The van der Waals surface area contributed by atoms with Crippen molar-refractivity contribution in [1.29, 1.82) is 0 Å². The minimum Gasteiger partial charge on any atom is -0.543 e. The number of fused-ring (bicyclic) bond motifs is 2. The van der Waals surface area contributed by atoms with E-state index in [2.05, 4.69) is 14.9 Å². The van der Waals surface area contributed by atoms with Gasteiger partial charge in [0.15, 0.2) is 0 Å². The molecule has 0 bridgehead atoms. The quantitative estimate of drug-likeness (QED) is 0.337. The number of rotatable bonds is 2. The topological polar surface area (TPSA) is 90.3 Å². The summed E-state index contributed by atoms with van der Waals surface area (Å²) >= 11 is 1.31. The first kappa shape index (κ1) is 15.8. The molecule has 9 heteroatoms. The number of carboxylic acids is 1. The average Bonchev–Trinajstić information content (AvgIpc) is 3.06. The van der Waals surface area contributed by atoms with Gasteiger partial charge >= 0.3 is 29.6 Å². The number of carbonyl (C=O) groups is 2. The van der Waals surface area contributed by atoms with E-state index in [0.29, 0.717) is 5.57 Å². The first-order valence-electron chi connectivity index (χ1n) is 6.54. The van der Waals surface area contributed by atoms with E-state index in [4.69, 9.17) is 0 Å². The molecule has 0 aliphatic carbocycles. The first-order chi connectivity index (χ1) is 10.2. The smallest absolute Gasteiger partial charge is 0.543 e. The maximum absolute atomic E-state index is 12.1. The zero-order valence-electron chi connectivity index (χ0n) is 11.9. The third kappa shape index (κ3) is 2.26. The van der Waals surface area contributed by atoms with Gasteiger partial charge in [-0.05, 0) is 11.5 Å². The van der Waals surface area contributed by atoms with E-state index in [1.807, 2.05) is 6.08 Å². The summed E-state index contributed by atoms with van der Waals surface area (Å²) in [4.78, 5) is 28.6. The van der Waals surface area contributed by atoms with Crippen molar-refractivity contribution in [2.75, 3.05) is 6.54 Å². The first-order valence-corrected chi connectivity index (χ1v) is 7.48. The zero-order chi connectivity index (χ0) is 14.6. The Hall–Kier alpha value is -1.06. The summed E-state index contributed by atoms with van der Waals surface area (Å²) in [5.41, 5.74) is 1.44. The van der Waals surface area contributed by atoms with Crippen molar-refractivity contribution < 1.29 is 44.3 Å². The average molecular weight is 326 g/mol. The summed E-state index contributed by atoms with van der Waals surface area (Å²) < 4.78 is 2.08. The van der Waals surface area contributed by atoms with Gasteiger partial charge < -0.3 is 19.8 Å². The molecule has 4 rings (SSSR count). The van der Waals surface area contributed by atoms with E-state index in [1.165, 1.54) is 22.1 Å². The van der Waals surface area contributed by atoms with Crippen LogP contribution in [0.1, 0.15) is 11.5 Å². The Morgan fingerprint density at radius 3 is 3.14 bits per heavy atom. The molecule has 7 nitrogen and oxygen atoms in total. The number of β-lactam (4-membered cyclic amide) rings is 1. The molecule has 1 fully saturated rings. The summed E-state index contributed by atoms with van der Waals surface area (Å²) in [6.45, 7) is 2.40. The Bertz CT molecular complexity index is 727. The molecule has 22 heavy (non-hydrogen) atoms. The molecule has 1 amide bonds. The van der Waals surface area contributed by atoms with Crippen LogP contribution in [0.2, 0.25) is 0 Å². The third-order valence-electron chi connectivity index (χ3n) is 3.81. The van der Waals surface area contributed by atoms with Gasteiger partial charge in [-0.15, -0.1) is 11.8 Å². The fourth-order valence-corrected chi connectivity index (χ4v) is 3.87. The molecule has 1 atom stereocenters. The predicted molar refractivity (Wildman–Crippen MR) is 73.2 cm³/mol. The maximum Gasteiger partial charge on any atom is 1.00 e. The number of nitrogens with one attached hydrogen (secondary N) is 1. The number of hydrogen-bond acceptors (Lipinski definition) is 6. The van der Waals surface area contributed by atoms with Crippen LogP contribution in [0.4, 0.5) is 0 Å². The number of carbonyl (C=O) groups excluding carboxylic acids is 2. The summed E-state index contributed by atoms with van der Waals surface area (Å²) in [6.07, 6.45) is 3.56. The van der Waals surface area contributed by atoms with E-state index >= 15 is 0 Å². The van der Waals surface area contributed by atoms with Gasteiger partial charge in [0.25, 0.3) is 5.91 Å². The van der Waals surface area contributed by atoms with Gasteiger partial charge in [-0.3, -0.25) is 9.69 Å². The Morgan fingerprint density at radius 2 is 2.36 bits per heavy atom. The Labute approximate surface area is 152 Å². The van der Waals surface area contributed by atoms with Gasteiger partial charge in [0.05, 0.1) is 35.7 Å². The molecule has 0 saturated carbocycles. The molecule has 1 aromatic rings. The van der Waals surface area contributed by atoms with Gasteiger partial charge in [0.2, 0.25) is 0 Å². The summed E-state index contributed by atoms with van der Waals surface area (Å²) in [5, 5.41) is 15.4.